The highest BCUT2D eigenvalue weighted by atomic mass is 19.1. The van der Waals surface area contributed by atoms with Crippen LogP contribution in [0.4, 0.5) is 4.39 Å². The van der Waals surface area contributed by atoms with Gasteiger partial charge < -0.3 is 5.32 Å². The summed E-state index contributed by atoms with van der Waals surface area (Å²) in [5.74, 6) is -0.205. The molecular weight excluding hydrogens is 297 g/mol. The molecule has 1 atom stereocenters. The molecule has 0 spiro atoms. The highest BCUT2D eigenvalue weighted by Gasteiger charge is 2.05. The molecule has 0 saturated heterocycles. The van der Waals surface area contributed by atoms with Gasteiger partial charge in [0.1, 0.15) is 5.82 Å². The molecule has 1 unspecified atom stereocenters. The van der Waals surface area contributed by atoms with Gasteiger partial charge in [-0.3, -0.25) is 0 Å². The molecule has 0 aromatic heterocycles. The smallest absolute Gasteiger partial charge is 0.123 e. The van der Waals surface area contributed by atoms with Crippen LogP contribution >= 0.6 is 0 Å². The van der Waals surface area contributed by atoms with Crippen molar-refractivity contribution in [3.05, 3.63) is 95.3 Å². The summed E-state index contributed by atoms with van der Waals surface area (Å²) in [5, 5.41) is 3.56. The standard InChI is InChI=1S/C22H22FN/c1-16-6-8-19(9-7-16)17(2)24-15-18-4-3-5-21(14-18)20-10-12-22(23)13-11-20/h3-14,17,24H,15H2,1-2H3. The fraction of sp³-hybridized carbons (Fsp3) is 0.182. The number of hydrogen-bond acceptors (Lipinski definition) is 1. The Kier molecular flexibility index (Phi) is 5.07. The van der Waals surface area contributed by atoms with E-state index in [1.807, 2.05) is 18.2 Å². The second kappa shape index (κ2) is 7.41. The number of halogens is 1. The van der Waals surface area contributed by atoms with Crippen molar-refractivity contribution < 1.29 is 4.39 Å². The molecule has 0 aliphatic carbocycles. The monoisotopic (exact) mass is 319 g/mol. The summed E-state index contributed by atoms with van der Waals surface area (Å²) in [6.45, 7) is 5.07. The van der Waals surface area contributed by atoms with Crippen LogP contribution in [0, 0.1) is 12.7 Å². The Balaban J connectivity index is 1.68. The Morgan fingerprint density at radius 2 is 1.58 bits per heavy atom. The van der Waals surface area contributed by atoms with Crippen LogP contribution < -0.4 is 5.32 Å². The summed E-state index contributed by atoms with van der Waals surface area (Å²) < 4.78 is 13.1. The molecule has 0 radical (unpaired) electrons. The van der Waals surface area contributed by atoms with E-state index in [-0.39, 0.29) is 5.82 Å². The summed E-state index contributed by atoms with van der Waals surface area (Å²) in [6.07, 6.45) is 0. The second-order valence-corrected chi connectivity index (χ2v) is 6.22. The average Bonchev–Trinajstić information content (AvgIpc) is 2.61. The van der Waals surface area contributed by atoms with Gasteiger partial charge in [0.05, 0.1) is 0 Å². The van der Waals surface area contributed by atoms with Gasteiger partial charge in [0.2, 0.25) is 0 Å². The molecule has 0 aliphatic rings. The molecule has 0 aliphatic heterocycles. The number of hydrogen-bond donors (Lipinski definition) is 1. The van der Waals surface area contributed by atoms with E-state index in [2.05, 4.69) is 61.6 Å². The first-order valence-corrected chi connectivity index (χ1v) is 8.26. The molecule has 0 heterocycles. The van der Waals surface area contributed by atoms with E-state index in [4.69, 9.17) is 0 Å². The number of rotatable bonds is 5. The highest BCUT2D eigenvalue weighted by Crippen LogP contribution is 2.21. The first-order valence-electron chi connectivity index (χ1n) is 8.26. The van der Waals surface area contributed by atoms with Gasteiger partial charge in [-0.05, 0) is 54.3 Å². The van der Waals surface area contributed by atoms with Crippen LogP contribution in [-0.4, -0.2) is 0 Å². The van der Waals surface area contributed by atoms with E-state index in [9.17, 15) is 4.39 Å². The van der Waals surface area contributed by atoms with Crippen molar-refractivity contribution >= 4 is 0 Å². The lowest BCUT2D eigenvalue weighted by Crippen LogP contribution is -2.18. The van der Waals surface area contributed by atoms with E-state index < -0.39 is 0 Å². The average molecular weight is 319 g/mol. The third-order valence-electron chi connectivity index (χ3n) is 4.29. The van der Waals surface area contributed by atoms with Gasteiger partial charge in [0.25, 0.3) is 0 Å². The predicted molar refractivity (Wildman–Crippen MR) is 98.3 cm³/mol. The summed E-state index contributed by atoms with van der Waals surface area (Å²) in [6, 6.07) is 23.9. The maximum Gasteiger partial charge on any atom is 0.123 e. The van der Waals surface area contributed by atoms with Crippen LogP contribution in [0.1, 0.15) is 29.7 Å². The Morgan fingerprint density at radius 3 is 2.29 bits per heavy atom. The minimum Gasteiger partial charge on any atom is -0.306 e. The van der Waals surface area contributed by atoms with Gasteiger partial charge in [-0.1, -0.05) is 60.2 Å². The fourth-order valence-corrected chi connectivity index (χ4v) is 2.75. The summed E-state index contributed by atoms with van der Waals surface area (Å²) >= 11 is 0. The van der Waals surface area contributed by atoms with Crippen molar-refractivity contribution in [2.24, 2.45) is 0 Å². The number of benzene rings is 3. The van der Waals surface area contributed by atoms with Gasteiger partial charge in [-0.25, -0.2) is 4.39 Å². The molecule has 0 fully saturated rings. The van der Waals surface area contributed by atoms with Crippen molar-refractivity contribution in [3.8, 4) is 11.1 Å². The van der Waals surface area contributed by atoms with E-state index in [1.54, 1.807) is 0 Å². The van der Waals surface area contributed by atoms with Crippen molar-refractivity contribution in [3.63, 3.8) is 0 Å². The van der Waals surface area contributed by atoms with Crippen LogP contribution in [0.25, 0.3) is 11.1 Å². The van der Waals surface area contributed by atoms with Gasteiger partial charge in [-0.2, -0.15) is 0 Å². The molecule has 0 saturated carbocycles. The molecule has 3 aromatic carbocycles. The fourth-order valence-electron chi connectivity index (χ4n) is 2.75. The predicted octanol–water partition coefficient (Wildman–Crippen LogP) is 5.65. The Bertz CT molecular complexity index is 791. The molecule has 0 amide bonds. The lowest BCUT2D eigenvalue weighted by Gasteiger charge is -2.15. The number of aryl methyl sites for hydroxylation is 1. The van der Waals surface area contributed by atoms with Crippen molar-refractivity contribution in [2.75, 3.05) is 0 Å². The van der Waals surface area contributed by atoms with E-state index in [0.717, 1.165) is 17.7 Å². The SMILES string of the molecule is Cc1ccc(C(C)NCc2cccc(-c3ccc(F)cc3)c2)cc1. The van der Waals surface area contributed by atoms with Gasteiger partial charge in [0.15, 0.2) is 0 Å². The van der Waals surface area contributed by atoms with Gasteiger partial charge >= 0.3 is 0 Å². The third-order valence-corrected chi connectivity index (χ3v) is 4.29. The molecule has 3 aromatic rings. The first kappa shape index (κ1) is 16.4. The minimum absolute atomic E-state index is 0.205. The van der Waals surface area contributed by atoms with Crippen molar-refractivity contribution in [1.29, 1.82) is 0 Å². The van der Waals surface area contributed by atoms with Crippen molar-refractivity contribution in [1.82, 2.24) is 5.32 Å². The van der Waals surface area contributed by atoms with Crippen LogP contribution in [-0.2, 0) is 6.54 Å². The lowest BCUT2D eigenvalue weighted by molar-refractivity contribution is 0.574. The van der Waals surface area contributed by atoms with E-state index in [0.29, 0.717) is 6.04 Å². The van der Waals surface area contributed by atoms with Crippen LogP contribution in [0.5, 0.6) is 0 Å². The molecule has 1 N–H and O–H groups in total. The van der Waals surface area contributed by atoms with Crippen LogP contribution in [0.3, 0.4) is 0 Å². The molecule has 2 heteroatoms. The zero-order valence-corrected chi connectivity index (χ0v) is 14.1. The van der Waals surface area contributed by atoms with Gasteiger partial charge in [-0.15, -0.1) is 0 Å². The largest absolute Gasteiger partial charge is 0.306 e. The minimum atomic E-state index is -0.205. The zero-order chi connectivity index (χ0) is 16.9. The van der Waals surface area contributed by atoms with Crippen molar-refractivity contribution in [2.45, 2.75) is 26.4 Å². The van der Waals surface area contributed by atoms with Crippen LogP contribution in [0.2, 0.25) is 0 Å². The molecule has 3 rings (SSSR count). The molecule has 0 bridgehead atoms. The Labute approximate surface area is 143 Å². The summed E-state index contributed by atoms with van der Waals surface area (Å²) in [7, 11) is 0. The van der Waals surface area contributed by atoms with E-state index in [1.165, 1.54) is 28.8 Å². The quantitative estimate of drug-likeness (QED) is 0.640. The summed E-state index contributed by atoms with van der Waals surface area (Å²) in [5.41, 5.74) is 5.92. The first-order chi connectivity index (χ1) is 11.6. The zero-order valence-electron chi connectivity index (χ0n) is 14.1. The molecule has 1 nitrogen and oxygen atoms in total. The Morgan fingerprint density at radius 1 is 0.875 bits per heavy atom. The number of nitrogens with one attached hydrogen (secondary N) is 1. The van der Waals surface area contributed by atoms with E-state index >= 15 is 0 Å². The maximum absolute atomic E-state index is 13.1. The highest BCUT2D eigenvalue weighted by molar-refractivity contribution is 5.64. The topological polar surface area (TPSA) is 12.0 Å². The third kappa shape index (κ3) is 4.09. The molecule has 122 valence electrons. The Hall–Kier alpha value is -2.45. The normalized spacial score (nSPS) is 12.1. The summed E-state index contributed by atoms with van der Waals surface area (Å²) in [4.78, 5) is 0. The van der Waals surface area contributed by atoms with Crippen LogP contribution in [0.15, 0.2) is 72.8 Å². The molecule has 24 heavy (non-hydrogen) atoms. The van der Waals surface area contributed by atoms with Gasteiger partial charge in [0, 0.05) is 12.6 Å². The molecular formula is C22H22FN. The second-order valence-electron chi connectivity index (χ2n) is 6.22. The lowest BCUT2D eigenvalue weighted by atomic mass is 10.0. The maximum atomic E-state index is 13.1.